The Morgan fingerprint density at radius 2 is 0.657 bits per heavy atom. The third-order valence-electron chi connectivity index (χ3n) is 19.2. The highest BCUT2D eigenvalue weighted by molar-refractivity contribution is 6.03. The predicted octanol–water partition coefficient (Wildman–Crippen LogP) is 28.2. The second-order valence-electron chi connectivity index (χ2n) is 26.7. The second kappa shape index (κ2) is 40.5. The number of hydrogen-bond acceptors (Lipinski definition) is 8. The van der Waals surface area contributed by atoms with Crippen LogP contribution in [-0.4, -0.2) is 23.9 Å². The first-order valence-corrected chi connectivity index (χ1v) is 33.8. The lowest BCUT2D eigenvalue weighted by atomic mass is 9.87. The summed E-state index contributed by atoms with van der Waals surface area (Å²) in [7, 11) is 0. The van der Waals surface area contributed by atoms with E-state index in [9.17, 15) is 19.2 Å². The number of esters is 4. The molecule has 550 valence electrons. The first-order chi connectivity index (χ1) is 45.0. The van der Waals surface area contributed by atoms with Crippen LogP contribution >= 0.6 is 0 Å². The maximum atomic E-state index is 12.5. The third kappa shape index (κ3) is 21.5. The molecule has 0 bridgehead atoms. The Bertz CT molecular complexity index is 4500. The van der Waals surface area contributed by atoms with Crippen molar-refractivity contribution >= 4 is 105 Å². The molecule has 0 radical (unpaired) electrons. The average molecular weight is 1380 g/mol. The van der Waals surface area contributed by atoms with Crippen LogP contribution in [-0.2, 0) is 44.5 Å². The van der Waals surface area contributed by atoms with E-state index in [1.807, 2.05) is 139 Å². The molecule has 0 spiro atoms. The molecule has 102 heavy (non-hydrogen) atoms. The van der Waals surface area contributed by atoms with Gasteiger partial charge >= 0.3 is 23.9 Å². The van der Waals surface area contributed by atoms with E-state index >= 15 is 0 Å². The monoisotopic (exact) mass is 1380 g/mol. The van der Waals surface area contributed by atoms with Crippen molar-refractivity contribution in [1.29, 1.82) is 0 Å². The van der Waals surface area contributed by atoms with Crippen molar-refractivity contribution in [2.45, 2.75) is 219 Å². The molecular formula is C94H126O8. The molecule has 1 aliphatic rings. The summed E-state index contributed by atoms with van der Waals surface area (Å²) < 4.78 is 22.9. The molecule has 6 atom stereocenters. The summed E-state index contributed by atoms with van der Waals surface area (Å²) in [5, 5.41) is 16.7. The van der Waals surface area contributed by atoms with E-state index in [1.54, 1.807) is 0 Å². The Morgan fingerprint density at radius 3 is 1.05 bits per heavy atom. The van der Waals surface area contributed by atoms with E-state index in [1.165, 1.54) is 75.8 Å². The van der Waals surface area contributed by atoms with E-state index in [4.69, 9.17) is 18.9 Å². The smallest absolute Gasteiger partial charge is 0.312 e. The van der Waals surface area contributed by atoms with Crippen LogP contribution in [0.2, 0.25) is 0 Å². The molecule has 6 unspecified atom stereocenters. The number of hydrogen-bond donors (Lipinski definition) is 0. The topological polar surface area (TPSA) is 105 Å². The van der Waals surface area contributed by atoms with Gasteiger partial charge in [-0.05, 0) is 234 Å². The number of fused-ring (bicyclic) bond motifs is 8. The normalized spacial score (nSPS) is 12.9. The molecule has 8 nitrogen and oxygen atoms in total. The maximum absolute atomic E-state index is 12.5. The Labute approximate surface area is 615 Å². The van der Waals surface area contributed by atoms with Gasteiger partial charge in [-0.3, -0.25) is 19.2 Å². The van der Waals surface area contributed by atoms with Crippen molar-refractivity contribution in [3.05, 3.63) is 234 Å². The first kappa shape index (κ1) is 90.9. The second-order valence-corrected chi connectivity index (χ2v) is 26.7. The molecule has 0 saturated heterocycles. The number of benzene rings is 11. The molecule has 0 aromatic heterocycles. The number of rotatable bonds is 16. The van der Waals surface area contributed by atoms with Crippen molar-refractivity contribution in [2.75, 3.05) is 0 Å². The van der Waals surface area contributed by atoms with Gasteiger partial charge in [-0.1, -0.05) is 265 Å². The highest BCUT2D eigenvalue weighted by atomic mass is 16.6. The van der Waals surface area contributed by atoms with Crippen molar-refractivity contribution in [1.82, 2.24) is 0 Å². The molecule has 0 N–H and O–H groups in total. The predicted molar refractivity (Wildman–Crippen MR) is 445 cm³/mol. The standard InChI is InChI=1S/2C22H24O2.C21H24O2.C21H22O2.8CH4/c1-5-22(3,4)21(23)24-15(2)20-18-12-8-6-10-16(18)14-17-11-7-9-13-19(17)20;1-5-22(3,4)21(23)24-15(2)16-10-11-19-13-17-8-6-7-9-18(17)14-20(19)12-16;1-4-14(2)21(22)23-15(3)20-18-11-7-5-9-16(18)13-17-10-6-8-12-19(17)20;1-4-14(2)21(22)23-15(3)16-9-10-19-12-17-7-5-6-8-18(17)13-20(19)11-16;;;;;;;;/h2*6-15H,5H2,1-4H3;5,7-9,11-15H,4,6,10H2,1-3H3;5-15H,4H2,1-3H3;8*1H4. The van der Waals surface area contributed by atoms with Gasteiger partial charge < -0.3 is 18.9 Å². The molecule has 11 aromatic carbocycles. The van der Waals surface area contributed by atoms with E-state index < -0.39 is 10.8 Å². The fraction of sp³-hybridized carbons (Fsp3) is 0.383. The maximum Gasteiger partial charge on any atom is 0.312 e. The molecule has 8 heteroatoms. The van der Waals surface area contributed by atoms with Gasteiger partial charge in [0.2, 0.25) is 0 Å². The minimum absolute atomic E-state index is 0. The van der Waals surface area contributed by atoms with Crippen LogP contribution in [0.3, 0.4) is 0 Å². The summed E-state index contributed by atoms with van der Waals surface area (Å²) in [6, 6.07) is 67.4. The lowest BCUT2D eigenvalue weighted by Crippen LogP contribution is -2.26. The molecule has 0 amide bonds. The minimum Gasteiger partial charge on any atom is -0.458 e. The van der Waals surface area contributed by atoms with Crippen molar-refractivity contribution < 1.29 is 38.1 Å². The third-order valence-corrected chi connectivity index (χ3v) is 19.2. The van der Waals surface area contributed by atoms with Crippen LogP contribution in [0.25, 0.3) is 81.5 Å². The average Bonchev–Trinajstić information content (AvgIpc) is 0.780. The summed E-state index contributed by atoms with van der Waals surface area (Å²) in [6.07, 6.45) is 8.65. The van der Waals surface area contributed by atoms with E-state index in [2.05, 4.69) is 164 Å². The van der Waals surface area contributed by atoms with Crippen LogP contribution in [0.1, 0.15) is 246 Å². The highest BCUT2D eigenvalue weighted by Gasteiger charge is 2.31. The molecule has 12 rings (SSSR count). The zero-order valence-electron chi connectivity index (χ0n) is 57.6. The van der Waals surface area contributed by atoms with Crippen LogP contribution < -0.4 is 0 Å². The van der Waals surface area contributed by atoms with Gasteiger partial charge in [-0.15, -0.1) is 0 Å². The summed E-state index contributed by atoms with van der Waals surface area (Å²) >= 11 is 0. The number of allylic oxidation sites excluding steroid dienone is 1. The summed E-state index contributed by atoms with van der Waals surface area (Å²) in [4.78, 5) is 49.0. The fourth-order valence-corrected chi connectivity index (χ4v) is 11.7. The quantitative estimate of drug-likeness (QED) is 0.0535. The lowest BCUT2D eigenvalue weighted by molar-refractivity contribution is -0.160. The van der Waals surface area contributed by atoms with Crippen molar-refractivity contribution in [3.63, 3.8) is 0 Å². The Kier molecular flexibility index (Phi) is 36.1. The molecule has 0 saturated carbocycles. The van der Waals surface area contributed by atoms with Gasteiger partial charge in [-0.2, -0.15) is 0 Å². The lowest BCUT2D eigenvalue weighted by Gasteiger charge is -2.25. The van der Waals surface area contributed by atoms with E-state index in [0.717, 1.165) is 71.6 Å². The first-order valence-electron chi connectivity index (χ1n) is 33.8. The molecular weight excluding hydrogens is 1260 g/mol. The summed E-state index contributed by atoms with van der Waals surface area (Å²) in [5.74, 6) is -0.633. The number of ether oxygens (including phenoxy) is 4. The van der Waals surface area contributed by atoms with Gasteiger partial charge in [0, 0.05) is 11.1 Å². The minimum atomic E-state index is -0.464. The van der Waals surface area contributed by atoms with Crippen LogP contribution in [0.5, 0.6) is 0 Å². The van der Waals surface area contributed by atoms with Crippen molar-refractivity contribution in [2.24, 2.45) is 22.7 Å². The van der Waals surface area contributed by atoms with Gasteiger partial charge in [-0.25, -0.2) is 0 Å². The zero-order chi connectivity index (χ0) is 67.4. The van der Waals surface area contributed by atoms with Crippen LogP contribution in [0.4, 0.5) is 0 Å². The van der Waals surface area contributed by atoms with E-state index in [-0.39, 0.29) is 120 Å². The van der Waals surface area contributed by atoms with Gasteiger partial charge in [0.1, 0.15) is 24.4 Å². The van der Waals surface area contributed by atoms with Gasteiger partial charge in [0.05, 0.1) is 22.7 Å². The van der Waals surface area contributed by atoms with Crippen LogP contribution in [0.15, 0.2) is 200 Å². The Balaban J connectivity index is 0.000000663. The number of carbonyl (C=O) groups is 4. The highest BCUT2D eigenvalue weighted by Crippen LogP contribution is 2.39. The molecule has 11 aromatic rings. The summed E-state index contributed by atoms with van der Waals surface area (Å²) in [6.45, 7) is 27.4. The van der Waals surface area contributed by atoms with Gasteiger partial charge in [0.15, 0.2) is 0 Å². The van der Waals surface area contributed by atoms with Crippen molar-refractivity contribution in [3.8, 4) is 0 Å². The zero-order valence-corrected chi connectivity index (χ0v) is 57.6. The van der Waals surface area contributed by atoms with Gasteiger partial charge in [0.25, 0.3) is 0 Å². The summed E-state index contributed by atoms with van der Waals surface area (Å²) in [5.41, 5.74) is 5.97. The molecule has 0 heterocycles. The largest absolute Gasteiger partial charge is 0.458 e. The van der Waals surface area contributed by atoms with Crippen LogP contribution in [0, 0.1) is 22.7 Å². The number of carbonyl (C=O) groups excluding carboxylic acids is 4. The SMILES string of the molecule is C.C.C.C.C.C.C.C.CCC(C)(C)C(=O)OC(C)c1c2ccccc2cc2ccccc12.CCC(C)(C)C(=O)OC(C)c1ccc2cc3ccccc3cc2c1.CCC(C)C(=O)OC(C)c1c2c(cc3ccccc13)CCC=C2.CCC(C)C(=O)OC(C)c1ccc2cc3ccccc3cc2c1. The fourth-order valence-electron chi connectivity index (χ4n) is 11.7. The number of aryl methyl sites for hydroxylation is 1. The van der Waals surface area contributed by atoms with E-state index in [0.29, 0.717) is 0 Å². The molecule has 1 aliphatic carbocycles. The Morgan fingerprint density at radius 1 is 0.353 bits per heavy atom. The molecule has 0 aliphatic heterocycles. The molecule has 0 fully saturated rings. The Hall–Kier alpha value is -9.14.